The minimum atomic E-state index is -0.717. The summed E-state index contributed by atoms with van der Waals surface area (Å²) in [5.41, 5.74) is 7.61. The first-order chi connectivity index (χ1) is 12.5. The van der Waals surface area contributed by atoms with E-state index in [9.17, 15) is 9.59 Å². The third-order valence-corrected chi connectivity index (χ3v) is 3.46. The van der Waals surface area contributed by atoms with Gasteiger partial charge in [0.1, 0.15) is 0 Å². The predicted octanol–water partition coefficient (Wildman–Crippen LogP) is 2.89. The summed E-state index contributed by atoms with van der Waals surface area (Å²) in [5, 5.41) is 6.19. The van der Waals surface area contributed by atoms with Gasteiger partial charge in [-0.25, -0.2) is 9.59 Å². The van der Waals surface area contributed by atoms with Crippen molar-refractivity contribution in [3.05, 3.63) is 65.5 Å². The summed E-state index contributed by atoms with van der Waals surface area (Å²) in [7, 11) is 0. The number of nitrogens with two attached hydrogens (primary N) is 1. The van der Waals surface area contributed by atoms with Crippen LogP contribution in [0.3, 0.4) is 0 Å². The van der Waals surface area contributed by atoms with Crippen LogP contribution in [0.5, 0.6) is 0 Å². The maximum Gasteiger partial charge on any atom is 0.338 e. The summed E-state index contributed by atoms with van der Waals surface area (Å²) in [6.45, 7) is 1.85. The van der Waals surface area contributed by atoms with Gasteiger partial charge in [0.05, 0.1) is 5.56 Å². The number of hydrogen-bond donors (Lipinski definition) is 2. The second kappa shape index (κ2) is 7.47. The molecule has 0 radical (unpaired) electrons. The minimum Gasteiger partial charge on any atom is -0.454 e. The van der Waals surface area contributed by atoms with E-state index in [0.717, 1.165) is 11.1 Å². The smallest absolute Gasteiger partial charge is 0.338 e. The van der Waals surface area contributed by atoms with Crippen LogP contribution in [0.25, 0.3) is 11.5 Å². The molecule has 0 unspecified atom stereocenters. The quantitative estimate of drug-likeness (QED) is 0.681. The molecule has 3 N–H and O–H groups in total. The third kappa shape index (κ3) is 4.23. The van der Waals surface area contributed by atoms with Crippen LogP contribution >= 0.6 is 0 Å². The molecule has 3 aromatic rings. The molecule has 8 nitrogen and oxygen atoms in total. The highest BCUT2D eigenvalue weighted by molar-refractivity contribution is 5.93. The number of benzene rings is 2. The molecule has 8 heteroatoms. The molecule has 1 heterocycles. The van der Waals surface area contributed by atoms with Gasteiger partial charge in [-0.2, -0.15) is 4.98 Å². The molecule has 0 bridgehead atoms. The first kappa shape index (κ1) is 17.2. The first-order valence-electron chi connectivity index (χ1n) is 7.74. The van der Waals surface area contributed by atoms with Crippen molar-refractivity contribution >= 4 is 17.7 Å². The SMILES string of the molecule is Cc1ccc(-c2nc(COC(=O)c3cccc(NC(N)=O)c3)no2)cc1. The fraction of sp³-hybridized carbons (Fsp3) is 0.111. The Morgan fingerprint density at radius 1 is 1.19 bits per heavy atom. The number of nitrogens with zero attached hydrogens (tertiary/aromatic N) is 2. The number of nitrogens with one attached hydrogen (secondary N) is 1. The Morgan fingerprint density at radius 2 is 1.96 bits per heavy atom. The second-order valence-electron chi connectivity index (χ2n) is 5.53. The topological polar surface area (TPSA) is 120 Å². The van der Waals surface area contributed by atoms with Crippen LogP contribution in [0, 0.1) is 6.92 Å². The zero-order valence-electron chi connectivity index (χ0n) is 13.9. The van der Waals surface area contributed by atoms with Crippen molar-refractivity contribution in [3.8, 4) is 11.5 Å². The van der Waals surface area contributed by atoms with Crippen LogP contribution in [-0.2, 0) is 11.3 Å². The van der Waals surface area contributed by atoms with Gasteiger partial charge in [-0.1, -0.05) is 28.9 Å². The molecule has 0 aliphatic heterocycles. The van der Waals surface area contributed by atoms with E-state index < -0.39 is 12.0 Å². The van der Waals surface area contributed by atoms with Crippen molar-refractivity contribution < 1.29 is 18.8 Å². The number of primary amides is 1. The number of anilines is 1. The lowest BCUT2D eigenvalue weighted by atomic mass is 10.1. The second-order valence-corrected chi connectivity index (χ2v) is 5.53. The van der Waals surface area contributed by atoms with E-state index in [4.69, 9.17) is 15.0 Å². The molecule has 2 aromatic carbocycles. The number of hydrogen-bond acceptors (Lipinski definition) is 6. The van der Waals surface area contributed by atoms with E-state index in [-0.39, 0.29) is 18.0 Å². The van der Waals surface area contributed by atoms with Crippen molar-refractivity contribution in [2.24, 2.45) is 5.73 Å². The van der Waals surface area contributed by atoms with Gasteiger partial charge in [0, 0.05) is 11.3 Å². The van der Waals surface area contributed by atoms with Crippen LogP contribution in [0.15, 0.2) is 53.1 Å². The standard InChI is InChI=1S/C18H16N4O4/c1-11-5-7-12(8-6-11)16-21-15(22-26-16)10-25-17(23)13-3-2-4-14(9-13)20-18(19)24/h2-9H,10H2,1H3,(H3,19,20,24). The summed E-state index contributed by atoms with van der Waals surface area (Å²) in [4.78, 5) is 27.2. The number of aryl methyl sites for hydroxylation is 1. The Balaban J connectivity index is 1.63. The molecule has 1 aromatic heterocycles. The minimum absolute atomic E-state index is 0.137. The number of amides is 2. The molecule has 0 saturated carbocycles. The largest absolute Gasteiger partial charge is 0.454 e. The van der Waals surface area contributed by atoms with E-state index >= 15 is 0 Å². The van der Waals surface area contributed by atoms with Gasteiger partial charge in [-0.15, -0.1) is 0 Å². The average Bonchev–Trinajstić information content (AvgIpc) is 3.09. The molecule has 0 atom stereocenters. The summed E-state index contributed by atoms with van der Waals surface area (Å²) in [5.74, 6) is 0.0175. The van der Waals surface area contributed by atoms with Crippen LogP contribution in [0.4, 0.5) is 10.5 Å². The Morgan fingerprint density at radius 3 is 2.69 bits per heavy atom. The summed E-state index contributed by atoms with van der Waals surface area (Å²) >= 11 is 0. The summed E-state index contributed by atoms with van der Waals surface area (Å²) in [6, 6.07) is 13.1. The van der Waals surface area contributed by atoms with E-state index in [1.807, 2.05) is 31.2 Å². The maximum atomic E-state index is 12.1. The molecular weight excluding hydrogens is 336 g/mol. The number of carbonyl (C=O) groups is 2. The Hall–Kier alpha value is -3.68. The van der Waals surface area contributed by atoms with Crippen molar-refractivity contribution in [1.29, 1.82) is 0 Å². The average molecular weight is 352 g/mol. The van der Waals surface area contributed by atoms with E-state index in [0.29, 0.717) is 11.6 Å². The number of ether oxygens (including phenoxy) is 1. The maximum absolute atomic E-state index is 12.1. The van der Waals surface area contributed by atoms with Crippen molar-refractivity contribution in [3.63, 3.8) is 0 Å². The molecule has 0 aliphatic carbocycles. The number of esters is 1. The van der Waals surface area contributed by atoms with E-state index in [1.165, 1.54) is 6.07 Å². The van der Waals surface area contributed by atoms with Gasteiger partial charge < -0.3 is 20.3 Å². The van der Waals surface area contributed by atoms with Gasteiger partial charge in [-0.05, 0) is 37.3 Å². The number of carbonyl (C=O) groups excluding carboxylic acids is 2. The van der Waals surface area contributed by atoms with E-state index in [2.05, 4.69) is 15.5 Å². The molecular formula is C18H16N4O4. The molecule has 3 rings (SSSR count). The number of urea groups is 1. The summed E-state index contributed by atoms with van der Waals surface area (Å²) < 4.78 is 10.4. The molecule has 0 saturated heterocycles. The monoisotopic (exact) mass is 352 g/mol. The molecule has 0 aliphatic rings. The highest BCUT2D eigenvalue weighted by Crippen LogP contribution is 2.18. The zero-order valence-corrected chi connectivity index (χ0v) is 13.9. The van der Waals surface area contributed by atoms with Crippen molar-refractivity contribution in [2.45, 2.75) is 13.5 Å². The fourth-order valence-electron chi connectivity index (χ4n) is 2.21. The molecule has 0 spiro atoms. The number of rotatable bonds is 5. The van der Waals surface area contributed by atoms with Crippen LogP contribution in [0.2, 0.25) is 0 Å². The van der Waals surface area contributed by atoms with Gasteiger partial charge in [0.25, 0.3) is 5.89 Å². The first-order valence-corrected chi connectivity index (χ1v) is 7.74. The Kier molecular flexibility index (Phi) is 4.93. The van der Waals surface area contributed by atoms with Gasteiger partial charge >= 0.3 is 12.0 Å². The van der Waals surface area contributed by atoms with Crippen LogP contribution < -0.4 is 11.1 Å². The number of aromatic nitrogens is 2. The lowest BCUT2D eigenvalue weighted by molar-refractivity contribution is 0.0459. The third-order valence-electron chi connectivity index (χ3n) is 3.46. The Bertz CT molecular complexity index is 934. The van der Waals surface area contributed by atoms with Crippen LogP contribution in [-0.4, -0.2) is 22.1 Å². The molecule has 2 amide bonds. The highest BCUT2D eigenvalue weighted by Gasteiger charge is 2.13. The lowest BCUT2D eigenvalue weighted by Gasteiger charge is -2.05. The highest BCUT2D eigenvalue weighted by atomic mass is 16.5. The van der Waals surface area contributed by atoms with Crippen LogP contribution in [0.1, 0.15) is 21.7 Å². The normalized spacial score (nSPS) is 10.3. The molecule has 132 valence electrons. The van der Waals surface area contributed by atoms with E-state index in [1.54, 1.807) is 18.2 Å². The molecule has 0 fully saturated rings. The predicted molar refractivity (Wildman–Crippen MR) is 93.2 cm³/mol. The van der Waals surface area contributed by atoms with Gasteiger partial charge in [-0.3, -0.25) is 0 Å². The van der Waals surface area contributed by atoms with Gasteiger partial charge in [0.2, 0.25) is 5.82 Å². The fourth-order valence-corrected chi connectivity index (χ4v) is 2.21. The Labute approximate surface area is 149 Å². The zero-order chi connectivity index (χ0) is 18.5. The van der Waals surface area contributed by atoms with Crippen molar-refractivity contribution in [1.82, 2.24) is 10.1 Å². The summed E-state index contributed by atoms with van der Waals surface area (Å²) in [6.07, 6.45) is 0. The lowest BCUT2D eigenvalue weighted by Crippen LogP contribution is -2.19. The molecule has 26 heavy (non-hydrogen) atoms. The van der Waals surface area contributed by atoms with Gasteiger partial charge in [0.15, 0.2) is 6.61 Å². The van der Waals surface area contributed by atoms with Crippen molar-refractivity contribution in [2.75, 3.05) is 5.32 Å².